The molecule has 0 spiro atoms. The Balaban J connectivity index is 0.00000196. The number of carbonyl (C=O) groups excluding carboxylic acids is 1. The Morgan fingerprint density at radius 2 is 2.12 bits per heavy atom. The highest BCUT2D eigenvalue weighted by Crippen LogP contribution is 2.18. The highest BCUT2D eigenvalue weighted by atomic mass is 35.5. The number of halogens is 1. The van der Waals surface area contributed by atoms with Gasteiger partial charge in [-0.2, -0.15) is 0 Å². The van der Waals surface area contributed by atoms with Gasteiger partial charge in [0.15, 0.2) is 0 Å². The highest BCUT2D eigenvalue weighted by molar-refractivity contribution is 6.04. The van der Waals surface area contributed by atoms with Gasteiger partial charge >= 0.3 is 0 Å². The minimum atomic E-state index is -0.172. The summed E-state index contributed by atoms with van der Waals surface area (Å²) >= 11 is 0. The first-order valence-corrected chi connectivity index (χ1v) is 8.32. The van der Waals surface area contributed by atoms with Crippen LogP contribution in [0.1, 0.15) is 28.2 Å². The van der Waals surface area contributed by atoms with Gasteiger partial charge in [-0.15, -0.1) is 12.4 Å². The van der Waals surface area contributed by atoms with Crippen LogP contribution in [0.2, 0.25) is 0 Å². The summed E-state index contributed by atoms with van der Waals surface area (Å²) in [6.45, 7) is 3.78. The van der Waals surface area contributed by atoms with E-state index in [4.69, 9.17) is 0 Å². The van der Waals surface area contributed by atoms with Crippen molar-refractivity contribution >= 4 is 35.2 Å². The number of pyridine rings is 2. The van der Waals surface area contributed by atoms with E-state index in [2.05, 4.69) is 26.7 Å². The van der Waals surface area contributed by atoms with Crippen LogP contribution < -0.4 is 10.6 Å². The molecule has 3 aromatic rings. The normalized spacial score (nSPS) is 13.8. The van der Waals surface area contributed by atoms with Crippen molar-refractivity contribution in [3.05, 3.63) is 65.9 Å². The summed E-state index contributed by atoms with van der Waals surface area (Å²) in [4.78, 5) is 21.3. The van der Waals surface area contributed by atoms with E-state index < -0.39 is 0 Å². The van der Waals surface area contributed by atoms with Crippen LogP contribution >= 0.6 is 12.4 Å². The van der Waals surface area contributed by atoms with Crippen molar-refractivity contribution in [1.82, 2.24) is 19.7 Å². The van der Waals surface area contributed by atoms with Gasteiger partial charge in [-0.1, -0.05) is 6.08 Å². The van der Waals surface area contributed by atoms with Crippen molar-refractivity contribution in [2.45, 2.75) is 13.3 Å². The molecule has 0 saturated carbocycles. The Morgan fingerprint density at radius 1 is 1.23 bits per heavy atom. The minimum Gasteiger partial charge on any atom is -0.321 e. The zero-order valence-corrected chi connectivity index (χ0v) is 15.2. The van der Waals surface area contributed by atoms with Crippen LogP contribution in [0.25, 0.3) is 11.2 Å². The van der Waals surface area contributed by atoms with Crippen LogP contribution in [0.3, 0.4) is 0 Å². The number of hydrogen-bond acceptors (Lipinski definition) is 4. The molecule has 0 aromatic carbocycles. The molecule has 134 valence electrons. The number of rotatable bonds is 3. The van der Waals surface area contributed by atoms with E-state index in [9.17, 15) is 4.79 Å². The molecule has 26 heavy (non-hydrogen) atoms. The third-order valence-corrected chi connectivity index (χ3v) is 4.25. The monoisotopic (exact) mass is 369 g/mol. The fraction of sp³-hybridized carbons (Fsp3) is 0.211. The molecule has 0 bridgehead atoms. The maximum absolute atomic E-state index is 12.4. The number of amides is 1. The summed E-state index contributed by atoms with van der Waals surface area (Å²) in [6, 6.07) is 7.46. The minimum absolute atomic E-state index is 0. The second kappa shape index (κ2) is 7.68. The molecule has 0 fully saturated rings. The summed E-state index contributed by atoms with van der Waals surface area (Å²) < 4.78 is 1.90. The van der Waals surface area contributed by atoms with Gasteiger partial charge in [0.05, 0.1) is 22.6 Å². The van der Waals surface area contributed by atoms with Gasteiger partial charge in [0.2, 0.25) is 0 Å². The third kappa shape index (κ3) is 3.76. The molecule has 0 atom stereocenters. The second-order valence-corrected chi connectivity index (χ2v) is 6.14. The van der Waals surface area contributed by atoms with E-state index in [1.165, 1.54) is 5.57 Å². The third-order valence-electron chi connectivity index (χ3n) is 4.25. The molecule has 1 aliphatic heterocycles. The van der Waals surface area contributed by atoms with E-state index in [1.807, 2.05) is 48.0 Å². The Bertz CT molecular complexity index is 962. The van der Waals surface area contributed by atoms with E-state index in [1.54, 1.807) is 6.20 Å². The van der Waals surface area contributed by atoms with Crippen LogP contribution in [0.4, 0.5) is 5.69 Å². The van der Waals surface area contributed by atoms with Crippen molar-refractivity contribution in [3.63, 3.8) is 0 Å². The fourth-order valence-corrected chi connectivity index (χ4v) is 2.97. The zero-order valence-electron chi connectivity index (χ0n) is 14.4. The van der Waals surface area contributed by atoms with Crippen molar-refractivity contribution in [3.8, 4) is 0 Å². The van der Waals surface area contributed by atoms with Gasteiger partial charge in [0.25, 0.3) is 5.91 Å². The Morgan fingerprint density at radius 3 is 2.85 bits per heavy atom. The van der Waals surface area contributed by atoms with Crippen molar-refractivity contribution < 1.29 is 4.79 Å². The number of imidazole rings is 1. The first-order valence-electron chi connectivity index (χ1n) is 8.32. The standard InChI is InChI=1S/C19H19N5O.ClH/c1-13-11-24-12-16(3-5-18(24)22-13)23-19(25)15-2-4-17(21-10-15)14-6-8-20-9-7-14;/h2-6,10-12,20H,7-9H2,1H3,(H,23,25);1H. The SMILES string of the molecule is Cc1cn2cc(NC(=O)c3ccc(C4=CCNCC4)nc3)ccc2n1.Cl. The summed E-state index contributed by atoms with van der Waals surface area (Å²) in [5.74, 6) is -0.172. The molecule has 0 aliphatic carbocycles. The predicted octanol–water partition coefficient (Wildman–Crippen LogP) is 3.09. The summed E-state index contributed by atoms with van der Waals surface area (Å²) in [7, 11) is 0. The topological polar surface area (TPSA) is 71.3 Å². The Labute approximate surface area is 157 Å². The number of anilines is 1. The van der Waals surface area contributed by atoms with Crippen LogP contribution in [0.5, 0.6) is 0 Å². The molecule has 4 rings (SSSR count). The first-order chi connectivity index (χ1) is 12.2. The van der Waals surface area contributed by atoms with Crippen molar-refractivity contribution in [2.75, 3.05) is 18.4 Å². The number of aromatic nitrogens is 3. The van der Waals surface area contributed by atoms with Gasteiger partial charge in [-0.25, -0.2) is 4.98 Å². The maximum atomic E-state index is 12.4. The van der Waals surface area contributed by atoms with Crippen LogP contribution in [-0.2, 0) is 0 Å². The number of nitrogens with one attached hydrogen (secondary N) is 2. The van der Waals surface area contributed by atoms with Gasteiger partial charge < -0.3 is 15.0 Å². The number of hydrogen-bond donors (Lipinski definition) is 2. The quantitative estimate of drug-likeness (QED) is 0.744. The van der Waals surface area contributed by atoms with E-state index in [0.29, 0.717) is 5.56 Å². The van der Waals surface area contributed by atoms with Crippen LogP contribution in [0, 0.1) is 6.92 Å². The fourth-order valence-electron chi connectivity index (χ4n) is 2.97. The van der Waals surface area contributed by atoms with E-state index in [0.717, 1.165) is 42.2 Å². The molecule has 4 heterocycles. The number of aryl methyl sites for hydroxylation is 1. The second-order valence-electron chi connectivity index (χ2n) is 6.14. The number of carbonyl (C=O) groups is 1. The lowest BCUT2D eigenvalue weighted by Gasteiger charge is -2.13. The van der Waals surface area contributed by atoms with Gasteiger partial charge in [-0.3, -0.25) is 9.78 Å². The lowest BCUT2D eigenvalue weighted by atomic mass is 10.0. The molecule has 0 saturated heterocycles. The molecular weight excluding hydrogens is 350 g/mol. The smallest absolute Gasteiger partial charge is 0.257 e. The molecular formula is C19H20ClN5O. The molecule has 0 unspecified atom stereocenters. The zero-order chi connectivity index (χ0) is 17.2. The first kappa shape index (κ1) is 18.1. The highest BCUT2D eigenvalue weighted by Gasteiger charge is 2.10. The Hall–Kier alpha value is -2.70. The maximum Gasteiger partial charge on any atom is 0.257 e. The molecule has 0 radical (unpaired) electrons. The lowest BCUT2D eigenvalue weighted by molar-refractivity contribution is 0.102. The van der Waals surface area contributed by atoms with Gasteiger partial charge in [-0.05, 0) is 49.7 Å². The summed E-state index contributed by atoms with van der Waals surface area (Å²) in [6.07, 6.45) is 8.52. The van der Waals surface area contributed by atoms with Gasteiger partial charge in [0, 0.05) is 25.1 Å². The van der Waals surface area contributed by atoms with Gasteiger partial charge in [0.1, 0.15) is 5.65 Å². The largest absolute Gasteiger partial charge is 0.321 e. The number of nitrogens with zero attached hydrogens (tertiary/aromatic N) is 3. The molecule has 1 aliphatic rings. The average Bonchev–Trinajstić information content (AvgIpc) is 3.02. The van der Waals surface area contributed by atoms with E-state index in [-0.39, 0.29) is 18.3 Å². The lowest BCUT2D eigenvalue weighted by Crippen LogP contribution is -2.20. The van der Waals surface area contributed by atoms with Crippen LogP contribution in [-0.4, -0.2) is 33.4 Å². The molecule has 2 N–H and O–H groups in total. The molecule has 1 amide bonds. The predicted molar refractivity (Wildman–Crippen MR) is 105 cm³/mol. The summed E-state index contributed by atoms with van der Waals surface area (Å²) in [5.41, 5.74) is 5.23. The molecule has 7 heteroatoms. The Kier molecular flexibility index (Phi) is 5.35. The molecule has 3 aromatic heterocycles. The molecule has 6 nitrogen and oxygen atoms in total. The number of fused-ring (bicyclic) bond motifs is 1. The summed E-state index contributed by atoms with van der Waals surface area (Å²) in [5, 5.41) is 6.19. The van der Waals surface area contributed by atoms with Crippen molar-refractivity contribution in [2.24, 2.45) is 0 Å². The van der Waals surface area contributed by atoms with Crippen LogP contribution in [0.15, 0.2) is 48.9 Å². The van der Waals surface area contributed by atoms with Crippen molar-refractivity contribution in [1.29, 1.82) is 0 Å². The van der Waals surface area contributed by atoms with E-state index >= 15 is 0 Å². The average molecular weight is 370 g/mol.